The van der Waals surface area contributed by atoms with E-state index in [0.717, 1.165) is 35.5 Å². The number of pyridine rings is 2. The lowest BCUT2D eigenvalue weighted by atomic mass is 10.1. The van der Waals surface area contributed by atoms with Gasteiger partial charge in [0.1, 0.15) is 0 Å². The van der Waals surface area contributed by atoms with Gasteiger partial charge in [-0.05, 0) is 24.3 Å². The largest absolute Gasteiger partial charge is 0.371 e. The Morgan fingerprint density at radius 2 is 1.04 bits per heavy atom. The number of para-hydroxylation sites is 2. The SMILES string of the molecule is CN(CCN(C)c1cccc2cccnc12)c1cccc2cccnc12. The average molecular weight is 342 g/mol. The fraction of sp³-hybridized carbons (Fsp3) is 0.182. The van der Waals surface area contributed by atoms with Gasteiger partial charge in [-0.2, -0.15) is 0 Å². The number of rotatable bonds is 5. The van der Waals surface area contributed by atoms with E-state index in [1.54, 1.807) is 0 Å². The standard InChI is InChI=1S/C22H22N4/c1-25(19-11-3-7-17-9-5-13-23-21(17)19)15-16-26(2)20-12-4-8-18-10-6-14-24-22(18)20/h3-14H,15-16H2,1-2H3. The van der Waals surface area contributed by atoms with Crippen LogP contribution in [-0.4, -0.2) is 37.2 Å². The highest BCUT2D eigenvalue weighted by molar-refractivity contribution is 5.91. The molecule has 2 aromatic carbocycles. The Bertz CT molecular complexity index is 948. The molecule has 0 aliphatic carbocycles. The highest BCUT2D eigenvalue weighted by Gasteiger charge is 2.10. The lowest BCUT2D eigenvalue weighted by Gasteiger charge is -2.26. The Hall–Kier alpha value is -3.14. The molecule has 4 heteroatoms. The number of anilines is 2. The second-order valence-electron chi connectivity index (χ2n) is 6.55. The topological polar surface area (TPSA) is 32.3 Å². The molecule has 0 atom stereocenters. The molecule has 0 spiro atoms. The molecule has 4 aromatic rings. The fourth-order valence-electron chi connectivity index (χ4n) is 3.33. The van der Waals surface area contributed by atoms with Gasteiger partial charge >= 0.3 is 0 Å². The smallest absolute Gasteiger partial charge is 0.0935 e. The van der Waals surface area contributed by atoms with Gasteiger partial charge in [-0.1, -0.05) is 36.4 Å². The molecule has 4 rings (SSSR count). The van der Waals surface area contributed by atoms with E-state index in [4.69, 9.17) is 0 Å². The van der Waals surface area contributed by atoms with Crippen molar-refractivity contribution in [2.24, 2.45) is 0 Å². The van der Waals surface area contributed by atoms with Crippen molar-refractivity contribution in [2.75, 3.05) is 37.0 Å². The van der Waals surface area contributed by atoms with E-state index < -0.39 is 0 Å². The summed E-state index contributed by atoms with van der Waals surface area (Å²) < 4.78 is 0. The molecule has 0 saturated heterocycles. The van der Waals surface area contributed by atoms with Gasteiger partial charge in [-0.15, -0.1) is 0 Å². The molecular weight excluding hydrogens is 320 g/mol. The Kier molecular flexibility index (Phi) is 4.40. The average Bonchev–Trinajstić information content (AvgIpc) is 2.71. The lowest BCUT2D eigenvalue weighted by Crippen LogP contribution is -2.31. The van der Waals surface area contributed by atoms with Gasteiger partial charge in [-0.3, -0.25) is 9.97 Å². The highest BCUT2D eigenvalue weighted by Crippen LogP contribution is 2.25. The Labute approximate surface area is 153 Å². The summed E-state index contributed by atoms with van der Waals surface area (Å²) in [4.78, 5) is 13.7. The third-order valence-electron chi connectivity index (χ3n) is 4.82. The molecule has 0 fully saturated rings. The van der Waals surface area contributed by atoms with Crippen molar-refractivity contribution in [1.29, 1.82) is 0 Å². The van der Waals surface area contributed by atoms with Crippen LogP contribution in [0.5, 0.6) is 0 Å². The first-order chi connectivity index (χ1) is 12.7. The van der Waals surface area contributed by atoms with Crippen LogP contribution in [0.15, 0.2) is 73.1 Å². The summed E-state index contributed by atoms with van der Waals surface area (Å²) in [5, 5.41) is 2.34. The fourth-order valence-corrected chi connectivity index (χ4v) is 3.33. The summed E-state index contributed by atoms with van der Waals surface area (Å²) >= 11 is 0. The third kappa shape index (κ3) is 3.06. The molecule has 0 radical (unpaired) electrons. The van der Waals surface area contributed by atoms with Crippen LogP contribution >= 0.6 is 0 Å². The van der Waals surface area contributed by atoms with Crippen LogP contribution in [0.4, 0.5) is 11.4 Å². The lowest BCUT2D eigenvalue weighted by molar-refractivity contribution is 0.836. The summed E-state index contributed by atoms with van der Waals surface area (Å²) in [7, 11) is 4.25. The monoisotopic (exact) mass is 342 g/mol. The molecule has 0 aliphatic heterocycles. The molecule has 4 nitrogen and oxygen atoms in total. The van der Waals surface area contributed by atoms with Crippen LogP contribution in [0.1, 0.15) is 0 Å². The number of aromatic nitrogens is 2. The quantitative estimate of drug-likeness (QED) is 0.539. The molecule has 2 aromatic heterocycles. The maximum Gasteiger partial charge on any atom is 0.0935 e. The van der Waals surface area contributed by atoms with E-state index in [9.17, 15) is 0 Å². The minimum absolute atomic E-state index is 0.898. The first kappa shape index (κ1) is 16.3. The molecule has 0 bridgehead atoms. The second kappa shape index (κ2) is 7.00. The van der Waals surface area contributed by atoms with Crippen molar-refractivity contribution in [3.63, 3.8) is 0 Å². The van der Waals surface area contributed by atoms with E-state index in [1.165, 1.54) is 10.8 Å². The normalized spacial score (nSPS) is 11.0. The van der Waals surface area contributed by atoms with Gasteiger partial charge in [0.2, 0.25) is 0 Å². The molecule has 26 heavy (non-hydrogen) atoms. The summed E-state index contributed by atoms with van der Waals surface area (Å²) in [5.41, 5.74) is 4.42. The maximum atomic E-state index is 4.56. The van der Waals surface area contributed by atoms with Gasteiger partial charge in [0.15, 0.2) is 0 Å². The van der Waals surface area contributed by atoms with Crippen LogP contribution in [0, 0.1) is 0 Å². The number of benzene rings is 2. The molecule has 2 heterocycles. The van der Waals surface area contributed by atoms with Crippen LogP contribution in [0.25, 0.3) is 21.8 Å². The van der Waals surface area contributed by atoms with E-state index in [-0.39, 0.29) is 0 Å². The van der Waals surface area contributed by atoms with Crippen LogP contribution < -0.4 is 9.80 Å². The van der Waals surface area contributed by atoms with Gasteiger partial charge in [0.05, 0.1) is 22.4 Å². The van der Waals surface area contributed by atoms with Crippen molar-refractivity contribution < 1.29 is 0 Å². The number of likely N-dealkylation sites (N-methyl/N-ethyl adjacent to an activating group) is 2. The predicted molar refractivity (Wildman–Crippen MR) is 110 cm³/mol. The minimum atomic E-state index is 0.898. The summed E-state index contributed by atoms with van der Waals surface area (Å²) in [6.07, 6.45) is 3.71. The zero-order chi connectivity index (χ0) is 17.9. The van der Waals surface area contributed by atoms with Gasteiger partial charge in [0, 0.05) is 50.4 Å². The first-order valence-electron chi connectivity index (χ1n) is 8.84. The Morgan fingerprint density at radius 3 is 1.50 bits per heavy atom. The zero-order valence-corrected chi connectivity index (χ0v) is 15.1. The number of hydrogen-bond donors (Lipinski definition) is 0. The molecule has 130 valence electrons. The molecule has 0 aliphatic rings. The summed E-state index contributed by atoms with van der Waals surface area (Å²) in [5.74, 6) is 0. The van der Waals surface area contributed by atoms with Crippen molar-refractivity contribution >= 4 is 33.2 Å². The molecule has 0 unspecified atom stereocenters. The van der Waals surface area contributed by atoms with E-state index in [1.807, 2.05) is 24.5 Å². The zero-order valence-electron chi connectivity index (χ0n) is 15.1. The highest BCUT2D eigenvalue weighted by atomic mass is 15.2. The van der Waals surface area contributed by atoms with Crippen molar-refractivity contribution in [2.45, 2.75) is 0 Å². The summed E-state index contributed by atoms with van der Waals surface area (Å²) in [6.45, 7) is 1.80. The van der Waals surface area contributed by atoms with Crippen LogP contribution in [0.2, 0.25) is 0 Å². The van der Waals surface area contributed by atoms with Crippen molar-refractivity contribution in [3.8, 4) is 0 Å². The number of hydrogen-bond acceptors (Lipinski definition) is 4. The summed E-state index contributed by atoms with van der Waals surface area (Å²) in [6, 6.07) is 20.8. The van der Waals surface area contributed by atoms with E-state index >= 15 is 0 Å². The first-order valence-corrected chi connectivity index (χ1v) is 8.84. The van der Waals surface area contributed by atoms with Crippen molar-refractivity contribution in [1.82, 2.24) is 9.97 Å². The molecule has 0 saturated carbocycles. The van der Waals surface area contributed by atoms with Gasteiger partial charge in [0.25, 0.3) is 0 Å². The molecule has 0 N–H and O–H groups in total. The van der Waals surface area contributed by atoms with E-state index in [2.05, 4.69) is 82.4 Å². The third-order valence-corrected chi connectivity index (χ3v) is 4.82. The van der Waals surface area contributed by atoms with E-state index in [0.29, 0.717) is 0 Å². The van der Waals surface area contributed by atoms with Crippen LogP contribution in [-0.2, 0) is 0 Å². The second-order valence-corrected chi connectivity index (χ2v) is 6.55. The van der Waals surface area contributed by atoms with Crippen molar-refractivity contribution in [3.05, 3.63) is 73.1 Å². The maximum absolute atomic E-state index is 4.56. The Morgan fingerprint density at radius 1 is 0.615 bits per heavy atom. The van der Waals surface area contributed by atoms with Crippen LogP contribution in [0.3, 0.4) is 0 Å². The molecule has 0 amide bonds. The van der Waals surface area contributed by atoms with Gasteiger partial charge < -0.3 is 9.80 Å². The minimum Gasteiger partial charge on any atom is -0.371 e. The Balaban J connectivity index is 1.54. The number of fused-ring (bicyclic) bond motifs is 2. The molecular formula is C22H22N4. The van der Waals surface area contributed by atoms with Gasteiger partial charge in [-0.25, -0.2) is 0 Å². The predicted octanol–water partition coefficient (Wildman–Crippen LogP) is 4.36. The number of nitrogens with zero attached hydrogens (tertiary/aromatic N) is 4.